The number of benzene rings is 1. The van der Waals surface area contributed by atoms with Crippen molar-refractivity contribution < 1.29 is 9.18 Å². The third-order valence-corrected chi connectivity index (χ3v) is 3.11. The molecule has 0 spiro atoms. The lowest BCUT2D eigenvalue weighted by molar-refractivity contribution is -0.122. The van der Waals surface area contributed by atoms with Gasteiger partial charge in [-0.15, -0.1) is 0 Å². The summed E-state index contributed by atoms with van der Waals surface area (Å²) >= 11 is 5.67. The first-order valence-electron chi connectivity index (χ1n) is 6.10. The summed E-state index contributed by atoms with van der Waals surface area (Å²) in [6.07, 6.45) is 0.822. The highest BCUT2D eigenvalue weighted by molar-refractivity contribution is 6.30. The van der Waals surface area contributed by atoms with Crippen LogP contribution < -0.4 is 5.73 Å². The maximum absolute atomic E-state index is 13.6. The molecule has 0 saturated heterocycles. The van der Waals surface area contributed by atoms with Crippen LogP contribution in [0.25, 0.3) is 0 Å². The van der Waals surface area contributed by atoms with E-state index in [2.05, 4.69) is 0 Å². The van der Waals surface area contributed by atoms with Crippen molar-refractivity contribution >= 4 is 17.4 Å². The molecule has 100 valence electrons. The molecule has 0 amide bonds. The molecule has 2 N–H and O–H groups in total. The number of ketones is 1. The SMILES string of the molecule is CC(C)CC(CN)C(=O)Cc1ccc(Cl)cc1F. The average Bonchev–Trinajstić information content (AvgIpc) is 2.29. The number of hydrogen-bond acceptors (Lipinski definition) is 2. The van der Waals surface area contributed by atoms with Crippen LogP contribution in [-0.2, 0) is 11.2 Å². The van der Waals surface area contributed by atoms with Gasteiger partial charge < -0.3 is 5.73 Å². The van der Waals surface area contributed by atoms with Crippen molar-refractivity contribution in [3.63, 3.8) is 0 Å². The lowest BCUT2D eigenvalue weighted by Gasteiger charge is -2.16. The van der Waals surface area contributed by atoms with E-state index in [0.29, 0.717) is 23.0 Å². The summed E-state index contributed by atoms with van der Waals surface area (Å²) in [6, 6.07) is 4.37. The number of nitrogens with two attached hydrogens (primary N) is 1. The largest absolute Gasteiger partial charge is 0.330 e. The van der Waals surface area contributed by atoms with Gasteiger partial charge >= 0.3 is 0 Å². The molecular weight excluding hydrogens is 253 g/mol. The van der Waals surface area contributed by atoms with Gasteiger partial charge in [-0.1, -0.05) is 31.5 Å². The van der Waals surface area contributed by atoms with Crippen LogP contribution in [-0.4, -0.2) is 12.3 Å². The van der Waals surface area contributed by atoms with Gasteiger partial charge in [0.25, 0.3) is 0 Å². The minimum Gasteiger partial charge on any atom is -0.330 e. The highest BCUT2D eigenvalue weighted by atomic mass is 35.5. The Morgan fingerprint density at radius 3 is 2.61 bits per heavy atom. The summed E-state index contributed by atoms with van der Waals surface area (Å²) < 4.78 is 13.6. The molecule has 0 aromatic heterocycles. The summed E-state index contributed by atoms with van der Waals surface area (Å²) in [4.78, 5) is 12.0. The molecule has 0 heterocycles. The van der Waals surface area contributed by atoms with Crippen LogP contribution in [0.3, 0.4) is 0 Å². The Morgan fingerprint density at radius 2 is 2.11 bits per heavy atom. The molecule has 1 atom stereocenters. The van der Waals surface area contributed by atoms with Gasteiger partial charge in [0.05, 0.1) is 0 Å². The van der Waals surface area contributed by atoms with Crippen LogP contribution in [0.5, 0.6) is 0 Å². The number of rotatable bonds is 6. The number of Topliss-reactive ketones (excluding diaryl/α,β-unsaturated/α-hetero) is 1. The zero-order valence-corrected chi connectivity index (χ0v) is 11.5. The van der Waals surface area contributed by atoms with Crippen LogP contribution in [0.15, 0.2) is 18.2 Å². The molecule has 0 saturated carbocycles. The molecular formula is C14H19ClFNO. The maximum Gasteiger partial charge on any atom is 0.141 e. The van der Waals surface area contributed by atoms with Crippen LogP contribution in [0, 0.1) is 17.7 Å². The molecule has 2 nitrogen and oxygen atoms in total. The Balaban J connectivity index is 2.73. The van der Waals surface area contributed by atoms with E-state index >= 15 is 0 Å². The monoisotopic (exact) mass is 271 g/mol. The Kier molecular flexibility index (Phi) is 5.76. The molecule has 4 heteroatoms. The van der Waals surface area contributed by atoms with Crippen molar-refractivity contribution in [2.24, 2.45) is 17.6 Å². The van der Waals surface area contributed by atoms with Gasteiger partial charge in [-0.25, -0.2) is 4.39 Å². The molecule has 1 aromatic rings. The van der Waals surface area contributed by atoms with Crippen molar-refractivity contribution in [2.45, 2.75) is 26.7 Å². The minimum absolute atomic E-state index is 0.00702. The first-order chi connectivity index (χ1) is 8.43. The molecule has 1 aromatic carbocycles. The van der Waals surface area contributed by atoms with E-state index in [-0.39, 0.29) is 18.1 Å². The summed E-state index contributed by atoms with van der Waals surface area (Å²) in [5, 5.41) is 0.334. The van der Waals surface area contributed by atoms with E-state index in [9.17, 15) is 9.18 Å². The van der Waals surface area contributed by atoms with Crippen molar-refractivity contribution in [1.29, 1.82) is 0 Å². The van der Waals surface area contributed by atoms with Crippen LogP contribution in [0.1, 0.15) is 25.8 Å². The minimum atomic E-state index is -0.434. The fourth-order valence-electron chi connectivity index (χ4n) is 1.93. The first-order valence-corrected chi connectivity index (χ1v) is 6.48. The smallest absolute Gasteiger partial charge is 0.141 e. The summed E-state index contributed by atoms with van der Waals surface area (Å²) in [7, 11) is 0. The predicted molar refractivity (Wildman–Crippen MR) is 72.1 cm³/mol. The van der Waals surface area contributed by atoms with Gasteiger partial charge in [0.15, 0.2) is 0 Å². The predicted octanol–water partition coefficient (Wildman–Crippen LogP) is 3.21. The van der Waals surface area contributed by atoms with E-state index in [1.54, 1.807) is 12.1 Å². The van der Waals surface area contributed by atoms with Gasteiger partial charge in [-0.3, -0.25) is 4.79 Å². The van der Waals surface area contributed by atoms with E-state index in [1.807, 2.05) is 13.8 Å². The van der Waals surface area contributed by atoms with Crippen molar-refractivity contribution in [3.05, 3.63) is 34.6 Å². The molecule has 18 heavy (non-hydrogen) atoms. The van der Waals surface area contributed by atoms with Gasteiger partial charge in [0, 0.05) is 23.9 Å². The molecule has 0 aliphatic carbocycles. The second-order valence-electron chi connectivity index (χ2n) is 4.94. The van der Waals surface area contributed by atoms with Gasteiger partial charge in [0.1, 0.15) is 11.6 Å². The topological polar surface area (TPSA) is 43.1 Å². The Morgan fingerprint density at radius 1 is 1.44 bits per heavy atom. The number of halogens is 2. The highest BCUT2D eigenvalue weighted by Crippen LogP contribution is 2.18. The molecule has 0 aliphatic heterocycles. The van der Waals surface area contributed by atoms with Crippen molar-refractivity contribution in [1.82, 2.24) is 0 Å². The van der Waals surface area contributed by atoms with Gasteiger partial charge in [-0.2, -0.15) is 0 Å². The quantitative estimate of drug-likeness (QED) is 0.863. The zero-order valence-electron chi connectivity index (χ0n) is 10.7. The Hall–Kier alpha value is -0.930. The molecule has 0 radical (unpaired) electrons. The van der Waals surface area contributed by atoms with Crippen LogP contribution >= 0.6 is 11.6 Å². The Bertz CT molecular complexity index is 420. The van der Waals surface area contributed by atoms with E-state index < -0.39 is 5.82 Å². The second kappa shape index (κ2) is 6.86. The van der Waals surface area contributed by atoms with Crippen molar-refractivity contribution in [3.8, 4) is 0 Å². The Labute approximate surface area is 112 Å². The first kappa shape index (κ1) is 15.1. The normalized spacial score (nSPS) is 12.8. The molecule has 0 fully saturated rings. The summed E-state index contributed by atoms with van der Waals surface area (Å²) in [5.41, 5.74) is 5.98. The summed E-state index contributed by atoms with van der Waals surface area (Å²) in [5.74, 6) is -0.235. The van der Waals surface area contributed by atoms with Crippen LogP contribution in [0.4, 0.5) is 4.39 Å². The van der Waals surface area contributed by atoms with E-state index in [1.165, 1.54) is 6.07 Å². The number of carbonyl (C=O) groups excluding carboxylic acids is 1. The second-order valence-corrected chi connectivity index (χ2v) is 5.38. The number of hydrogen-bond donors (Lipinski definition) is 1. The average molecular weight is 272 g/mol. The maximum atomic E-state index is 13.6. The summed E-state index contributed by atoms with van der Waals surface area (Å²) in [6.45, 7) is 4.39. The third kappa shape index (κ3) is 4.39. The van der Waals surface area contributed by atoms with E-state index in [4.69, 9.17) is 17.3 Å². The lowest BCUT2D eigenvalue weighted by Crippen LogP contribution is -2.26. The van der Waals surface area contributed by atoms with E-state index in [0.717, 1.165) is 6.42 Å². The van der Waals surface area contributed by atoms with Crippen LogP contribution in [0.2, 0.25) is 5.02 Å². The molecule has 1 rings (SSSR count). The number of carbonyl (C=O) groups is 1. The fourth-order valence-corrected chi connectivity index (χ4v) is 2.08. The van der Waals surface area contributed by atoms with Gasteiger partial charge in [-0.05, 0) is 30.0 Å². The van der Waals surface area contributed by atoms with Crippen molar-refractivity contribution in [2.75, 3.05) is 6.54 Å². The standard InChI is InChI=1S/C14H19ClFNO/c1-9(2)5-11(8-17)14(18)6-10-3-4-12(15)7-13(10)16/h3-4,7,9,11H,5-6,8,17H2,1-2H3. The lowest BCUT2D eigenvalue weighted by atomic mass is 9.90. The van der Waals surface area contributed by atoms with Gasteiger partial charge in [0.2, 0.25) is 0 Å². The third-order valence-electron chi connectivity index (χ3n) is 2.88. The molecule has 0 aliphatic rings. The zero-order chi connectivity index (χ0) is 13.7. The molecule has 0 bridgehead atoms. The highest BCUT2D eigenvalue weighted by Gasteiger charge is 2.19. The fraction of sp³-hybridized carbons (Fsp3) is 0.500. The molecule has 1 unspecified atom stereocenters.